The van der Waals surface area contributed by atoms with E-state index in [1.165, 1.54) is 13.2 Å². The molecule has 0 aliphatic heterocycles. The zero-order valence-corrected chi connectivity index (χ0v) is 22.2. The van der Waals surface area contributed by atoms with Crippen molar-refractivity contribution in [3.8, 4) is 5.75 Å². The number of carbonyl (C=O) groups is 2. The molecule has 0 saturated heterocycles. The van der Waals surface area contributed by atoms with Crippen LogP contribution in [-0.4, -0.2) is 32.3 Å². The molecule has 5 nitrogen and oxygen atoms in total. The zero-order valence-electron chi connectivity index (χ0n) is 22.2. The Kier molecular flexibility index (Phi) is 13.3. The van der Waals surface area contributed by atoms with Crippen molar-refractivity contribution in [2.75, 3.05) is 20.3 Å². The normalized spacial score (nSPS) is 13.4. The largest absolute Gasteiger partial charge is 0.494 e. The van der Waals surface area contributed by atoms with Crippen LogP contribution in [0.3, 0.4) is 0 Å². The van der Waals surface area contributed by atoms with Gasteiger partial charge in [-0.3, -0.25) is 0 Å². The van der Waals surface area contributed by atoms with E-state index in [4.69, 9.17) is 9.47 Å². The smallest absolute Gasteiger partial charge is 0.334 e. The van der Waals surface area contributed by atoms with Crippen LogP contribution in [0.2, 0.25) is 0 Å². The molecule has 1 rings (SSSR count). The molecular formula is C29H44O5. The van der Waals surface area contributed by atoms with Gasteiger partial charge in [-0.25, -0.2) is 9.59 Å². The van der Waals surface area contributed by atoms with E-state index < -0.39 is 0 Å². The van der Waals surface area contributed by atoms with Crippen LogP contribution in [0.25, 0.3) is 6.08 Å². The maximum Gasteiger partial charge on any atom is 0.334 e. The van der Waals surface area contributed by atoms with Gasteiger partial charge < -0.3 is 14.2 Å². The van der Waals surface area contributed by atoms with Gasteiger partial charge in [0.1, 0.15) is 5.75 Å². The molecule has 0 spiro atoms. The van der Waals surface area contributed by atoms with Gasteiger partial charge in [-0.15, -0.1) is 0 Å². The fourth-order valence-electron chi connectivity index (χ4n) is 3.85. The predicted molar refractivity (Wildman–Crippen MR) is 139 cm³/mol. The van der Waals surface area contributed by atoms with Gasteiger partial charge in [-0.2, -0.15) is 0 Å². The van der Waals surface area contributed by atoms with E-state index in [0.29, 0.717) is 19.1 Å². The van der Waals surface area contributed by atoms with Crippen molar-refractivity contribution in [2.24, 2.45) is 11.3 Å². The maximum atomic E-state index is 12.8. The SMILES string of the molecule is CCCC(C)/C(C)=C(\C(=O)OCCCCCCOc1ccc(/C=C/C(=O)OC)cc1)C(C)(C)C. The lowest BCUT2D eigenvalue weighted by atomic mass is 9.79. The summed E-state index contributed by atoms with van der Waals surface area (Å²) in [5.74, 6) is 0.650. The predicted octanol–water partition coefficient (Wildman–Crippen LogP) is 7.15. The van der Waals surface area contributed by atoms with Crippen molar-refractivity contribution < 1.29 is 23.8 Å². The molecule has 0 amide bonds. The molecule has 1 aromatic rings. The first-order valence-corrected chi connectivity index (χ1v) is 12.5. The molecule has 0 fully saturated rings. The van der Waals surface area contributed by atoms with Gasteiger partial charge in [0.2, 0.25) is 0 Å². The molecule has 34 heavy (non-hydrogen) atoms. The number of unbranched alkanes of at least 4 members (excludes halogenated alkanes) is 3. The van der Waals surface area contributed by atoms with Crippen molar-refractivity contribution in [1.29, 1.82) is 0 Å². The summed E-state index contributed by atoms with van der Waals surface area (Å²) in [6, 6.07) is 7.57. The van der Waals surface area contributed by atoms with Crippen LogP contribution in [-0.2, 0) is 19.1 Å². The van der Waals surface area contributed by atoms with Crippen molar-refractivity contribution in [1.82, 2.24) is 0 Å². The number of esters is 2. The van der Waals surface area contributed by atoms with Crippen LogP contribution < -0.4 is 4.74 Å². The summed E-state index contributed by atoms with van der Waals surface area (Å²) in [6.07, 6.45) is 9.09. The van der Waals surface area contributed by atoms with Gasteiger partial charge in [0, 0.05) is 11.6 Å². The molecule has 1 atom stereocenters. The summed E-state index contributed by atoms with van der Waals surface area (Å²) in [7, 11) is 1.35. The zero-order chi connectivity index (χ0) is 25.6. The second-order valence-electron chi connectivity index (χ2n) is 9.82. The lowest BCUT2D eigenvalue weighted by Crippen LogP contribution is -2.24. The van der Waals surface area contributed by atoms with Crippen LogP contribution in [0.5, 0.6) is 5.75 Å². The second kappa shape index (κ2) is 15.4. The molecule has 0 saturated carbocycles. The maximum absolute atomic E-state index is 12.8. The van der Waals surface area contributed by atoms with Gasteiger partial charge in [-0.05, 0) is 74.1 Å². The van der Waals surface area contributed by atoms with Gasteiger partial charge in [-0.1, -0.05) is 58.7 Å². The minimum absolute atomic E-state index is 0.166. The number of carbonyl (C=O) groups excluding carboxylic acids is 2. The highest BCUT2D eigenvalue weighted by Crippen LogP contribution is 2.33. The molecule has 5 heteroatoms. The quantitative estimate of drug-likeness (QED) is 0.163. The molecule has 0 bridgehead atoms. The molecule has 0 N–H and O–H groups in total. The molecule has 0 heterocycles. The van der Waals surface area contributed by atoms with Crippen molar-refractivity contribution in [3.63, 3.8) is 0 Å². The van der Waals surface area contributed by atoms with E-state index >= 15 is 0 Å². The van der Waals surface area contributed by atoms with E-state index in [-0.39, 0.29) is 17.4 Å². The van der Waals surface area contributed by atoms with Gasteiger partial charge in [0.25, 0.3) is 0 Å². The monoisotopic (exact) mass is 472 g/mol. The first-order valence-electron chi connectivity index (χ1n) is 12.5. The van der Waals surface area contributed by atoms with Crippen molar-refractivity contribution in [2.45, 2.75) is 80.1 Å². The minimum atomic E-state index is -0.377. The summed E-state index contributed by atoms with van der Waals surface area (Å²) in [4.78, 5) is 24.0. The topological polar surface area (TPSA) is 61.8 Å². The van der Waals surface area contributed by atoms with Crippen LogP contribution in [0.15, 0.2) is 41.5 Å². The van der Waals surface area contributed by atoms with E-state index in [1.54, 1.807) is 6.08 Å². The first-order chi connectivity index (χ1) is 16.1. The Bertz CT molecular complexity index is 812. The minimum Gasteiger partial charge on any atom is -0.494 e. The highest BCUT2D eigenvalue weighted by molar-refractivity contribution is 5.90. The highest BCUT2D eigenvalue weighted by atomic mass is 16.5. The van der Waals surface area contributed by atoms with E-state index in [0.717, 1.165) is 61.0 Å². The standard InChI is InChI=1S/C29H44O5/c1-8-13-22(2)23(3)27(29(4,5)6)28(31)34-21-12-10-9-11-20-33-25-17-14-24(15-18-25)16-19-26(30)32-7/h14-19,22H,8-13,20-21H2,1-7H3/b19-16+,27-23+. The molecule has 1 unspecified atom stereocenters. The number of benzene rings is 1. The Morgan fingerprint density at radius 2 is 1.62 bits per heavy atom. The molecule has 0 radical (unpaired) electrons. The van der Waals surface area contributed by atoms with Gasteiger partial charge in [0.15, 0.2) is 0 Å². The van der Waals surface area contributed by atoms with Crippen molar-refractivity contribution in [3.05, 3.63) is 47.1 Å². The fraction of sp³-hybridized carbons (Fsp3) is 0.586. The Morgan fingerprint density at radius 3 is 2.18 bits per heavy atom. The molecule has 0 aliphatic carbocycles. The second-order valence-corrected chi connectivity index (χ2v) is 9.82. The molecule has 190 valence electrons. The van der Waals surface area contributed by atoms with E-state index in [9.17, 15) is 9.59 Å². The molecular weight excluding hydrogens is 428 g/mol. The Balaban J connectivity index is 2.33. The average molecular weight is 473 g/mol. The third-order valence-electron chi connectivity index (χ3n) is 5.84. The lowest BCUT2D eigenvalue weighted by Gasteiger charge is -2.26. The molecule has 0 aliphatic rings. The fourth-order valence-corrected chi connectivity index (χ4v) is 3.85. The summed E-state index contributed by atoms with van der Waals surface area (Å²) < 4.78 is 16.0. The summed E-state index contributed by atoms with van der Waals surface area (Å²) in [6.45, 7) is 13.8. The average Bonchev–Trinajstić information content (AvgIpc) is 2.79. The van der Waals surface area contributed by atoms with Crippen LogP contribution >= 0.6 is 0 Å². The summed E-state index contributed by atoms with van der Waals surface area (Å²) >= 11 is 0. The Labute approximate surface area is 206 Å². The summed E-state index contributed by atoms with van der Waals surface area (Å²) in [5.41, 5.74) is 2.67. The number of hydrogen-bond acceptors (Lipinski definition) is 5. The lowest BCUT2D eigenvalue weighted by molar-refractivity contribution is -0.140. The van der Waals surface area contributed by atoms with Gasteiger partial charge in [0.05, 0.1) is 20.3 Å². The third-order valence-corrected chi connectivity index (χ3v) is 5.84. The number of methoxy groups -OCH3 is 1. The molecule has 1 aromatic carbocycles. The van der Waals surface area contributed by atoms with E-state index in [2.05, 4.69) is 46.3 Å². The first kappa shape index (κ1) is 29.5. The highest BCUT2D eigenvalue weighted by Gasteiger charge is 2.28. The number of hydrogen-bond donors (Lipinski definition) is 0. The van der Waals surface area contributed by atoms with Crippen LogP contribution in [0.4, 0.5) is 0 Å². The summed E-state index contributed by atoms with van der Waals surface area (Å²) in [5, 5.41) is 0. The number of ether oxygens (including phenoxy) is 3. The number of rotatable bonds is 14. The van der Waals surface area contributed by atoms with E-state index in [1.807, 2.05) is 24.3 Å². The Hall–Kier alpha value is -2.56. The number of allylic oxidation sites excluding steroid dienone is 1. The van der Waals surface area contributed by atoms with Crippen LogP contribution in [0.1, 0.15) is 85.6 Å². The van der Waals surface area contributed by atoms with Crippen molar-refractivity contribution >= 4 is 18.0 Å². The third kappa shape index (κ3) is 11.0. The van der Waals surface area contributed by atoms with Gasteiger partial charge >= 0.3 is 11.9 Å². The Morgan fingerprint density at radius 1 is 1.00 bits per heavy atom. The van der Waals surface area contributed by atoms with Crippen LogP contribution in [0, 0.1) is 11.3 Å². The molecule has 0 aromatic heterocycles.